The summed E-state index contributed by atoms with van der Waals surface area (Å²) in [6, 6.07) is 10.6. The van der Waals surface area contributed by atoms with Crippen molar-refractivity contribution in [1.29, 1.82) is 0 Å². The minimum atomic E-state index is -1.13. The second-order valence-electron chi connectivity index (χ2n) is 8.27. The molecule has 1 N–H and O–H groups in total. The summed E-state index contributed by atoms with van der Waals surface area (Å²) in [5.74, 6) is 7.57. The molecule has 0 unspecified atom stereocenters. The predicted octanol–water partition coefficient (Wildman–Crippen LogP) is 3.77. The Morgan fingerprint density at radius 2 is 1.97 bits per heavy atom. The lowest BCUT2D eigenvalue weighted by Crippen LogP contribution is -2.20. The Morgan fingerprint density at radius 3 is 2.78 bits per heavy atom. The van der Waals surface area contributed by atoms with Crippen LogP contribution in [0.25, 0.3) is 16.7 Å². The van der Waals surface area contributed by atoms with Crippen LogP contribution in [0.2, 0.25) is 0 Å². The molecule has 0 atom stereocenters. The van der Waals surface area contributed by atoms with Crippen LogP contribution in [0.1, 0.15) is 31.7 Å². The molecule has 2 aromatic heterocycles. The van der Waals surface area contributed by atoms with Gasteiger partial charge in [0.15, 0.2) is 5.75 Å². The second-order valence-corrected chi connectivity index (χ2v) is 8.27. The molecule has 0 fully saturated rings. The van der Waals surface area contributed by atoms with Crippen LogP contribution < -0.4 is 9.64 Å². The van der Waals surface area contributed by atoms with Gasteiger partial charge in [-0.05, 0) is 51.5 Å². The van der Waals surface area contributed by atoms with Gasteiger partial charge in [-0.3, -0.25) is 4.40 Å². The van der Waals surface area contributed by atoms with Gasteiger partial charge in [-0.15, -0.1) is 10.2 Å². The first kappa shape index (κ1) is 20.2. The highest BCUT2D eigenvalue weighted by Crippen LogP contribution is 2.40. The van der Waals surface area contributed by atoms with E-state index in [0.29, 0.717) is 59.2 Å². The zero-order chi connectivity index (χ0) is 22.5. The van der Waals surface area contributed by atoms with Gasteiger partial charge in [-0.25, -0.2) is 4.39 Å². The summed E-state index contributed by atoms with van der Waals surface area (Å²) in [5, 5.41) is 18.7. The SMILES string of the molecule is Cc1nnc2nc(N3CCCOc4c(C#CC(C)(C)O)cccc43)c3c(F)cccc3n12. The first-order chi connectivity index (χ1) is 15.3. The topological polar surface area (TPSA) is 75.8 Å². The van der Waals surface area contributed by atoms with Crippen molar-refractivity contribution in [2.75, 3.05) is 18.1 Å². The fourth-order valence-corrected chi connectivity index (χ4v) is 3.92. The van der Waals surface area contributed by atoms with Crippen LogP contribution >= 0.6 is 0 Å². The third kappa shape index (κ3) is 3.41. The first-order valence-corrected chi connectivity index (χ1v) is 10.4. The number of fused-ring (bicyclic) bond motifs is 4. The van der Waals surface area contributed by atoms with Crippen LogP contribution in [-0.2, 0) is 0 Å². The van der Waals surface area contributed by atoms with Crippen molar-refractivity contribution in [1.82, 2.24) is 19.6 Å². The number of ether oxygens (including phenoxy) is 1. The average molecular weight is 431 g/mol. The van der Waals surface area contributed by atoms with Gasteiger partial charge in [0, 0.05) is 6.54 Å². The molecule has 0 amide bonds. The molecular weight excluding hydrogens is 409 g/mol. The third-order valence-corrected chi connectivity index (χ3v) is 5.29. The lowest BCUT2D eigenvalue weighted by molar-refractivity contribution is 0.143. The van der Waals surface area contributed by atoms with Crippen molar-refractivity contribution in [2.45, 2.75) is 32.8 Å². The highest BCUT2D eigenvalue weighted by Gasteiger charge is 2.26. The van der Waals surface area contributed by atoms with Gasteiger partial charge >= 0.3 is 0 Å². The molecule has 5 rings (SSSR count). The normalized spacial score (nSPS) is 14.0. The van der Waals surface area contributed by atoms with E-state index in [1.807, 2.05) is 36.1 Å². The number of aliphatic hydroxyl groups is 1. The molecule has 8 heteroatoms. The number of halogens is 1. The van der Waals surface area contributed by atoms with Gasteiger partial charge in [0.25, 0.3) is 5.78 Å². The van der Waals surface area contributed by atoms with Crippen LogP contribution in [0.5, 0.6) is 5.75 Å². The fraction of sp³-hybridized carbons (Fsp3) is 0.292. The Morgan fingerprint density at radius 1 is 1.16 bits per heavy atom. The molecule has 3 heterocycles. The lowest BCUT2D eigenvalue weighted by atomic mass is 10.1. The molecule has 1 aliphatic rings. The van der Waals surface area contributed by atoms with Crippen molar-refractivity contribution in [3.63, 3.8) is 0 Å². The van der Waals surface area contributed by atoms with Crippen LogP contribution in [0.15, 0.2) is 36.4 Å². The number of aryl methyl sites for hydroxylation is 1. The maximum absolute atomic E-state index is 15.2. The van der Waals surface area contributed by atoms with Crippen LogP contribution in [-0.4, -0.2) is 43.4 Å². The van der Waals surface area contributed by atoms with E-state index in [0.717, 1.165) is 5.69 Å². The Kier molecular flexibility index (Phi) is 4.72. The minimum absolute atomic E-state index is 0.371. The quantitative estimate of drug-likeness (QED) is 0.463. The zero-order valence-electron chi connectivity index (χ0n) is 18.1. The Bertz CT molecular complexity index is 1410. The molecule has 0 bridgehead atoms. The van der Waals surface area contributed by atoms with E-state index in [9.17, 15) is 5.11 Å². The largest absolute Gasteiger partial charge is 0.490 e. The molecule has 32 heavy (non-hydrogen) atoms. The van der Waals surface area contributed by atoms with Crippen molar-refractivity contribution < 1.29 is 14.2 Å². The Balaban J connectivity index is 1.77. The fourth-order valence-electron chi connectivity index (χ4n) is 3.92. The molecule has 1 aliphatic heterocycles. The number of hydrogen-bond donors (Lipinski definition) is 1. The summed E-state index contributed by atoms with van der Waals surface area (Å²) in [7, 11) is 0. The standard InChI is InChI=1S/C24H22FN5O2/c1-15-27-28-23-26-22(20-17(25)8-5-9-18(20)30(15)23)29-13-6-14-32-21-16(7-4-10-19(21)29)11-12-24(2,3)31/h4-5,7-10,31H,6,13-14H2,1-3H3. The molecular formula is C24H22FN5O2. The lowest BCUT2D eigenvalue weighted by Gasteiger charge is -2.25. The van der Waals surface area contributed by atoms with Crippen molar-refractivity contribution >= 4 is 28.2 Å². The molecule has 0 radical (unpaired) electrons. The van der Waals surface area contributed by atoms with Crippen molar-refractivity contribution in [3.05, 3.63) is 53.6 Å². The molecule has 0 aliphatic carbocycles. The highest BCUT2D eigenvalue weighted by atomic mass is 19.1. The number of nitrogens with zero attached hydrogens (tertiary/aromatic N) is 5. The molecule has 162 valence electrons. The maximum atomic E-state index is 15.2. The number of anilines is 2. The van der Waals surface area contributed by atoms with Crippen molar-refractivity contribution in [2.24, 2.45) is 0 Å². The van der Waals surface area contributed by atoms with Crippen molar-refractivity contribution in [3.8, 4) is 17.6 Å². The summed E-state index contributed by atoms with van der Waals surface area (Å²) >= 11 is 0. The number of para-hydroxylation sites is 1. The summed E-state index contributed by atoms with van der Waals surface area (Å²) in [4.78, 5) is 6.66. The van der Waals surface area contributed by atoms with Gasteiger partial charge < -0.3 is 14.7 Å². The molecule has 2 aromatic carbocycles. The third-order valence-electron chi connectivity index (χ3n) is 5.29. The monoisotopic (exact) mass is 431 g/mol. The number of rotatable bonds is 1. The zero-order valence-corrected chi connectivity index (χ0v) is 18.1. The summed E-state index contributed by atoms with van der Waals surface area (Å²) in [6.07, 6.45) is 0.710. The van der Waals surface area contributed by atoms with E-state index in [1.54, 1.807) is 24.3 Å². The molecule has 0 spiro atoms. The van der Waals surface area contributed by atoms with Crippen LogP contribution in [0.3, 0.4) is 0 Å². The number of hydrogen-bond acceptors (Lipinski definition) is 6. The van der Waals surface area contributed by atoms with E-state index in [1.165, 1.54) is 6.07 Å². The molecule has 0 saturated carbocycles. The number of aromatic nitrogens is 4. The minimum Gasteiger partial charge on any atom is -0.490 e. The van der Waals surface area contributed by atoms with E-state index in [4.69, 9.17) is 9.72 Å². The van der Waals surface area contributed by atoms with E-state index < -0.39 is 5.60 Å². The summed E-state index contributed by atoms with van der Waals surface area (Å²) < 4.78 is 23.0. The van der Waals surface area contributed by atoms with E-state index in [2.05, 4.69) is 22.0 Å². The highest BCUT2D eigenvalue weighted by molar-refractivity contribution is 5.95. The summed E-state index contributed by atoms with van der Waals surface area (Å²) in [6.45, 7) is 6.13. The average Bonchev–Trinajstić information content (AvgIpc) is 2.99. The van der Waals surface area contributed by atoms with Gasteiger partial charge in [-0.1, -0.05) is 24.0 Å². The predicted molar refractivity (Wildman–Crippen MR) is 120 cm³/mol. The maximum Gasteiger partial charge on any atom is 0.257 e. The smallest absolute Gasteiger partial charge is 0.257 e. The van der Waals surface area contributed by atoms with E-state index in [-0.39, 0.29) is 5.82 Å². The first-order valence-electron chi connectivity index (χ1n) is 10.4. The molecule has 0 saturated heterocycles. The second kappa shape index (κ2) is 7.46. The summed E-state index contributed by atoms with van der Waals surface area (Å²) in [5.41, 5.74) is 0.908. The molecule has 7 nitrogen and oxygen atoms in total. The van der Waals surface area contributed by atoms with Crippen LogP contribution in [0.4, 0.5) is 15.9 Å². The van der Waals surface area contributed by atoms with Gasteiger partial charge in [0.2, 0.25) is 0 Å². The Hall–Kier alpha value is -3.70. The van der Waals surface area contributed by atoms with Gasteiger partial charge in [0.05, 0.1) is 28.8 Å². The Labute approximate surface area is 184 Å². The van der Waals surface area contributed by atoms with Gasteiger partial charge in [0.1, 0.15) is 23.1 Å². The van der Waals surface area contributed by atoms with E-state index >= 15 is 4.39 Å². The van der Waals surface area contributed by atoms with Crippen LogP contribution in [0, 0.1) is 24.6 Å². The van der Waals surface area contributed by atoms with Gasteiger partial charge in [-0.2, -0.15) is 4.98 Å². The number of benzene rings is 2. The molecule has 4 aromatic rings.